The molecule has 1 aromatic rings. The van der Waals surface area contributed by atoms with Crippen LogP contribution in [0, 0.1) is 11.3 Å². The summed E-state index contributed by atoms with van der Waals surface area (Å²) < 4.78 is 4.80. The molecule has 1 heterocycles. The summed E-state index contributed by atoms with van der Waals surface area (Å²) in [5.74, 6) is -1.97. The Morgan fingerprint density at radius 1 is 1.58 bits per heavy atom. The van der Waals surface area contributed by atoms with Crippen molar-refractivity contribution in [1.82, 2.24) is 10.3 Å². The van der Waals surface area contributed by atoms with Crippen molar-refractivity contribution >= 4 is 23.2 Å². The first-order valence-electron chi connectivity index (χ1n) is 5.82. The predicted molar refractivity (Wildman–Crippen MR) is 69.7 cm³/mol. The van der Waals surface area contributed by atoms with Gasteiger partial charge >= 0.3 is 5.97 Å². The molecule has 0 aromatic carbocycles. The van der Waals surface area contributed by atoms with Gasteiger partial charge in [0.05, 0.1) is 12.7 Å². The molecule has 1 unspecified atom stereocenters. The molecule has 1 aromatic heterocycles. The van der Waals surface area contributed by atoms with Gasteiger partial charge in [0.15, 0.2) is 11.6 Å². The topological polar surface area (TPSA) is 92.1 Å². The van der Waals surface area contributed by atoms with Gasteiger partial charge < -0.3 is 10.1 Å². The maximum Gasteiger partial charge on any atom is 0.357 e. The summed E-state index contributed by atoms with van der Waals surface area (Å²) in [6.07, 6.45) is 0. The number of hydrogen-bond acceptors (Lipinski definition) is 6. The summed E-state index contributed by atoms with van der Waals surface area (Å²) in [4.78, 5) is 27.3. The van der Waals surface area contributed by atoms with Crippen LogP contribution in [0.15, 0.2) is 5.38 Å². The van der Waals surface area contributed by atoms with Crippen LogP contribution in [0.3, 0.4) is 0 Å². The van der Waals surface area contributed by atoms with Crippen molar-refractivity contribution in [2.24, 2.45) is 0 Å². The van der Waals surface area contributed by atoms with Gasteiger partial charge in [-0.25, -0.2) is 9.78 Å². The van der Waals surface area contributed by atoms with E-state index in [1.807, 2.05) is 6.07 Å². The van der Waals surface area contributed by atoms with Gasteiger partial charge in [-0.3, -0.25) is 4.79 Å². The van der Waals surface area contributed by atoms with Gasteiger partial charge in [0.1, 0.15) is 5.01 Å². The zero-order valence-electron chi connectivity index (χ0n) is 11.0. The van der Waals surface area contributed by atoms with E-state index in [1.165, 1.54) is 5.38 Å². The number of hydrogen-bond donors (Lipinski definition) is 1. The lowest BCUT2D eigenvalue weighted by Gasteiger charge is -2.10. The normalized spacial score (nSPS) is 11.7. The Hall–Kier alpha value is -1.94. The summed E-state index contributed by atoms with van der Waals surface area (Å²) in [6.45, 7) is 5.55. The van der Waals surface area contributed by atoms with E-state index >= 15 is 0 Å². The van der Waals surface area contributed by atoms with Gasteiger partial charge in [0.2, 0.25) is 5.91 Å². The third kappa shape index (κ3) is 4.03. The summed E-state index contributed by atoms with van der Waals surface area (Å²) >= 11 is 1.10. The zero-order valence-corrected chi connectivity index (χ0v) is 11.8. The molecule has 0 aliphatic carbocycles. The van der Waals surface area contributed by atoms with Crippen LogP contribution >= 0.6 is 11.3 Å². The molecule has 1 atom stereocenters. The average Bonchev–Trinajstić information content (AvgIpc) is 2.78. The van der Waals surface area contributed by atoms with Gasteiger partial charge in [-0.15, -0.1) is 11.3 Å². The van der Waals surface area contributed by atoms with Crippen LogP contribution in [0.5, 0.6) is 0 Å². The van der Waals surface area contributed by atoms with Crippen LogP contribution in [-0.4, -0.2) is 29.5 Å². The molecular formula is C12H15N3O3S. The number of rotatable bonds is 5. The molecular weight excluding hydrogens is 266 g/mol. The van der Waals surface area contributed by atoms with Crippen LogP contribution in [0.2, 0.25) is 0 Å². The number of amides is 1. The summed E-state index contributed by atoms with van der Waals surface area (Å²) in [5, 5.41) is 13.5. The zero-order chi connectivity index (χ0) is 14.4. The number of esters is 1. The van der Waals surface area contributed by atoms with Crippen LogP contribution in [0.4, 0.5) is 0 Å². The third-order valence-electron chi connectivity index (χ3n) is 2.08. The maximum atomic E-state index is 11.8. The highest BCUT2D eigenvalue weighted by Gasteiger charge is 2.25. The van der Waals surface area contributed by atoms with Crippen molar-refractivity contribution in [2.75, 3.05) is 6.61 Å². The number of nitrogens with zero attached hydrogens (tertiary/aromatic N) is 2. The molecule has 102 valence electrons. The van der Waals surface area contributed by atoms with E-state index < -0.39 is 17.8 Å². The first-order valence-corrected chi connectivity index (χ1v) is 6.70. The molecule has 0 bridgehead atoms. The molecule has 0 spiro atoms. The number of aromatic nitrogens is 1. The molecule has 1 N–H and O–H groups in total. The van der Waals surface area contributed by atoms with Gasteiger partial charge in [-0.1, -0.05) is 0 Å². The number of ether oxygens (including phenoxy) is 1. The van der Waals surface area contributed by atoms with Crippen LogP contribution < -0.4 is 5.32 Å². The highest BCUT2D eigenvalue weighted by atomic mass is 32.1. The monoisotopic (exact) mass is 281 g/mol. The molecule has 1 rings (SSSR count). The molecule has 0 aliphatic heterocycles. The van der Waals surface area contributed by atoms with E-state index in [-0.39, 0.29) is 18.3 Å². The fourth-order valence-electron chi connectivity index (χ4n) is 1.31. The number of nitrogens with one attached hydrogen (secondary N) is 1. The average molecular weight is 281 g/mol. The quantitative estimate of drug-likeness (QED) is 0.825. The lowest BCUT2D eigenvalue weighted by Crippen LogP contribution is -2.34. The number of carbonyl (C=O) groups is 2. The minimum atomic E-state index is -1.00. The number of nitriles is 1. The highest BCUT2D eigenvalue weighted by Crippen LogP contribution is 2.20. The molecule has 0 radical (unpaired) electrons. The van der Waals surface area contributed by atoms with Crippen molar-refractivity contribution in [1.29, 1.82) is 5.26 Å². The highest BCUT2D eigenvalue weighted by molar-refractivity contribution is 7.10. The fraction of sp³-hybridized carbons (Fsp3) is 0.500. The van der Waals surface area contributed by atoms with Gasteiger partial charge in [-0.2, -0.15) is 5.26 Å². The number of carbonyl (C=O) groups excluding carboxylic acids is 2. The largest absolute Gasteiger partial charge is 0.461 e. The SMILES string of the molecule is CCOC(=O)c1csc(C(C#N)C(=O)NC(C)C)n1. The molecule has 0 fully saturated rings. The molecule has 1 amide bonds. The van der Waals surface area contributed by atoms with Crippen molar-refractivity contribution in [3.63, 3.8) is 0 Å². The van der Waals surface area contributed by atoms with E-state index in [1.54, 1.807) is 20.8 Å². The summed E-state index contributed by atoms with van der Waals surface area (Å²) in [6, 6.07) is 1.83. The first-order chi connectivity index (χ1) is 8.99. The second kappa shape index (κ2) is 6.85. The van der Waals surface area contributed by atoms with Gasteiger partial charge in [-0.05, 0) is 20.8 Å². The third-order valence-corrected chi connectivity index (χ3v) is 2.99. The van der Waals surface area contributed by atoms with Crippen molar-refractivity contribution in [2.45, 2.75) is 32.7 Å². The Morgan fingerprint density at radius 2 is 2.26 bits per heavy atom. The van der Waals surface area contributed by atoms with Gasteiger partial charge in [0.25, 0.3) is 0 Å². The second-order valence-corrected chi connectivity index (χ2v) is 4.91. The Bertz CT molecular complexity index is 505. The lowest BCUT2D eigenvalue weighted by atomic mass is 10.1. The second-order valence-electron chi connectivity index (χ2n) is 4.02. The lowest BCUT2D eigenvalue weighted by molar-refractivity contribution is -0.121. The fourth-order valence-corrected chi connectivity index (χ4v) is 2.14. The van der Waals surface area contributed by atoms with Crippen molar-refractivity contribution < 1.29 is 14.3 Å². The molecule has 7 heteroatoms. The molecule has 0 saturated heterocycles. The van der Waals surface area contributed by atoms with E-state index in [2.05, 4.69) is 10.3 Å². The Labute approximate surface area is 115 Å². The van der Waals surface area contributed by atoms with Crippen LogP contribution in [0.25, 0.3) is 0 Å². The summed E-state index contributed by atoms with van der Waals surface area (Å²) in [5.41, 5.74) is 0.124. The maximum absolute atomic E-state index is 11.8. The molecule has 0 saturated carbocycles. The van der Waals surface area contributed by atoms with Crippen molar-refractivity contribution in [3.8, 4) is 6.07 Å². The summed E-state index contributed by atoms with van der Waals surface area (Å²) in [7, 11) is 0. The Morgan fingerprint density at radius 3 is 2.79 bits per heavy atom. The number of thiazole rings is 1. The van der Waals surface area contributed by atoms with E-state index in [0.717, 1.165) is 11.3 Å². The van der Waals surface area contributed by atoms with Crippen LogP contribution in [-0.2, 0) is 9.53 Å². The predicted octanol–water partition coefficient (Wildman–Crippen LogP) is 1.45. The van der Waals surface area contributed by atoms with Crippen LogP contribution in [0.1, 0.15) is 42.2 Å². The minimum absolute atomic E-state index is 0.0622. The Kier molecular flexibility index (Phi) is 5.45. The Balaban J connectivity index is 2.86. The minimum Gasteiger partial charge on any atom is -0.461 e. The van der Waals surface area contributed by atoms with E-state index in [9.17, 15) is 9.59 Å². The van der Waals surface area contributed by atoms with Gasteiger partial charge in [0, 0.05) is 11.4 Å². The van der Waals surface area contributed by atoms with E-state index in [4.69, 9.17) is 10.00 Å². The smallest absolute Gasteiger partial charge is 0.357 e. The molecule has 6 nitrogen and oxygen atoms in total. The standard InChI is InChI=1S/C12H15N3O3S/c1-4-18-12(17)9-6-19-11(15-9)8(5-13)10(16)14-7(2)3/h6-8H,4H2,1-3H3,(H,14,16). The molecule has 0 aliphatic rings. The van der Waals surface area contributed by atoms with E-state index in [0.29, 0.717) is 5.01 Å². The first kappa shape index (κ1) is 15.1. The van der Waals surface area contributed by atoms with Crippen molar-refractivity contribution in [3.05, 3.63) is 16.1 Å². The molecule has 19 heavy (non-hydrogen) atoms.